The van der Waals surface area contributed by atoms with Crippen molar-refractivity contribution in [2.24, 2.45) is 0 Å². The lowest BCUT2D eigenvalue weighted by Crippen LogP contribution is -1.98. The maximum Gasteiger partial charge on any atom is 0.129 e. The molecule has 5 heteroatoms. The van der Waals surface area contributed by atoms with Gasteiger partial charge in [0.05, 0.1) is 15.4 Å². The summed E-state index contributed by atoms with van der Waals surface area (Å²) in [6.07, 6.45) is 0. The normalized spacial score (nSPS) is 12.5. The summed E-state index contributed by atoms with van der Waals surface area (Å²) in [5.41, 5.74) is 1.08. The van der Waals surface area contributed by atoms with Gasteiger partial charge in [-0.2, -0.15) is 0 Å². The molecular weight excluding hydrogens is 361 g/mol. The SMILES string of the molecule is Fc1cccc(Br)c1C(Cl)c1ccc(Cl)c(Cl)c1. The summed E-state index contributed by atoms with van der Waals surface area (Å²) in [6.45, 7) is 0. The molecule has 0 aliphatic carbocycles. The van der Waals surface area contributed by atoms with Gasteiger partial charge in [-0.05, 0) is 29.8 Å². The van der Waals surface area contributed by atoms with Gasteiger partial charge in [0, 0.05) is 10.0 Å². The van der Waals surface area contributed by atoms with Crippen molar-refractivity contribution in [3.63, 3.8) is 0 Å². The minimum Gasteiger partial charge on any atom is -0.207 e. The minimum atomic E-state index is -0.629. The van der Waals surface area contributed by atoms with E-state index in [1.807, 2.05) is 0 Å². The Bertz CT molecular complexity index is 566. The van der Waals surface area contributed by atoms with E-state index in [9.17, 15) is 4.39 Å². The number of alkyl halides is 1. The van der Waals surface area contributed by atoms with Gasteiger partial charge < -0.3 is 0 Å². The molecule has 0 saturated carbocycles. The average Bonchev–Trinajstić information content (AvgIpc) is 2.32. The molecule has 0 amide bonds. The van der Waals surface area contributed by atoms with Crippen LogP contribution < -0.4 is 0 Å². The summed E-state index contributed by atoms with van der Waals surface area (Å²) < 4.78 is 14.4. The van der Waals surface area contributed by atoms with Gasteiger partial charge >= 0.3 is 0 Å². The van der Waals surface area contributed by atoms with Crippen LogP contribution in [0.3, 0.4) is 0 Å². The number of rotatable bonds is 2. The third-order valence-corrected chi connectivity index (χ3v) is 4.39. The first-order valence-corrected chi connectivity index (χ1v) is 7.02. The third kappa shape index (κ3) is 2.83. The Morgan fingerprint density at radius 1 is 1.06 bits per heavy atom. The minimum absolute atomic E-state index is 0.365. The van der Waals surface area contributed by atoms with Crippen molar-refractivity contribution in [2.75, 3.05) is 0 Å². The second kappa shape index (κ2) is 5.79. The molecule has 0 heterocycles. The van der Waals surface area contributed by atoms with Crippen molar-refractivity contribution >= 4 is 50.7 Å². The molecule has 0 nitrogen and oxygen atoms in total. The van der Waals surface area contributed by atoms with Crippen LogP contribution in [0.5, 0.6) is 0 Å². The first kappa shape index (κ1) is 14.1. The predicted molar refractivity (Wildman–Crippen MR) is 78.3 cm³/mol. The molecular formula is C13H7BrCl3F. The molecule has 0 bridgehead atoms. The van der Waals surface area contributed by atoms with Gasteiger partial charge in [-0.15, -0.1) is 11.6 Å². The van der Waals surface area contributed by atoms with Crippen molar-refractivity contribution in [3.05, 3.63) is 67.9 Å². The molecule has 2 rings (SSSR count). The zero-order chi connectivity index (χ0) is 13.3. The molecule has 0 radical (unpaired) electrons. The fraction of sp³-hybridized carbons (Fsp3) is 0.0769. The molecule has 0 aromatic heterocycles. The molecule has 0 spiro atoms. The highest BCUT2D eigenvalue weighted by Crippen LogP contribution is 2.37. The molecule has 94 valence electrons. The van der Waals surface area contributed by atoms with Gasteiger partial charge in [-0.25, -0.2) is 4.39 Å². The summed E-state index contributed by atoms with van der Waals surface area (Å²) in [6, 6.07) is 9.73. The number of hydrogen-bond donors (Lipinski definition) is 0. The molecule has 0 aliphatic heterocycles. The zero-order valence-corrected chi connectivity index (χ0v) is 12.8. The predicted octanol–water partition coefficient (Wildman–Crippen LogP) is 6.22. The molecule has 18 heavy (non-hydrogen) atoms. The summed E-state index contributed by atoms with van der Waals surface area (Å²) in [5, 5.41) is 0.208. The molecule has 1 atom stereocenters. The first-order valence-electron chi connectivity index (χ1n) is 5.03. The van der Waals surface area contributed by atoms with E-state index in [0.29, 0.717) is 25.6 Å². The van der Waals surface area contributed by atoms with Gasteiger partial charge in [-0.3, -0.25) is 0 Å². The van der Waals surface area contributed by atoms with E-state index in [2.05, 4.69) is 15.9 Å². The Morgan fingerprint density at radius 2 is 1.78 bits per heavy atom. The van der Waals surface area contributed by atoms with Crippen LogP contribution in [0.4, 0.5) is 4.39 Å². The summed E-state index contributed by atoms with van der Waals surface area (Å²) in [7, 11) is 0. The molecule has 0 saturated heterocycles. The summed E-state index contributed by atoms with van der Waals surface area (Å²) in [4.78, 5) is 0. The van der Waals surface area contributed by atoms with Crippen molar-refractivity contribution in [2.45, 2.75) is 5.38 Å². The largest absolute Gasteiger partial charge is 0.207 e. The van der Waals surface area contributed by atoms with E-state index in [-0.39, 0.29) is 5.82 Å². The van der Waals surface area contributed by atoms with Crippen molar-refractivity contribution < 1.29 is 4.39 Å². The molecule has 0 N–H and O–H groups in total. The van der Waals surface area contributed by atoms with Gasteiger partial charge in [0.15, 0.2) is 0 Å². The lowest BCUT2D eigenvalue weighted by molar-refractivity contribution is 0.611. The van der Waals surface area contributed by atoms with Gasteiger partial charge in [0.25, 0.3) is 0 Å². The highest BCUT2D eigenvalue weighted by Gasteiger charge is 2.19. The Hall–Kier alpha value is -0.280. The van der Waals surface area contributed by atoms with Crippen LogP contribution in [0.25, 0.3) is 0 Å². The van der Waals surface area contributed by atoms with Crippen LogP contribution in [-0.2, 0) is 0 Å². The van der Waals surface area contributed by atoms with Crippen molar-refractivity contribution in [1.82, 2.24) is 0 Å². The highest BCUT2D eigenvalue weighted by atomic mass is 79.9. The molecule has 2 aromatic carbocycles. The van der Waals surface area contributed by atoms with Crippen LogP contribution in [0, 0.1) is 5.82 Å². The Kier molecular flexibility index (Phi) is 4.54. The molecule has 0 aliphatic rings. The van der Waals surface area contributed by atoms with Crippen LogP contribution in [0.2, 0.25) is 10.0 Å². The topological polar surface area (TPSA) is 0 Å². The maximum absolute atomic E-state index is 13.8. The fourth-order valence-electron chi connectivity index (χ4n) is 1.59. The second-order valence-corrected chi connectivity index (χ2v) is 5.78. The highest BCUT2D eigenvalue weighted by molar-refractivity contribution is 9.10. The van der Waals surface area contributed by atoms with E-state index in [0.717, 1.165) is 0 Å². The number of halogens is 5. The van der Waals surface area contributed by atoms with Gasteiger partial charge in [0.1, 0.15) is 5.82 Å². The Balaban J connectivity index is 2.48. The summed E-state index contributed by atoms with van der Waals surface area (Å²) in [5.74, 6) is -0.365. The Labute approximate surface area is 128 Å². The Morgan fingerprint density at radius 3 is 2.39 bits per heavy atom. The second-order valence-electron chi connectivity index (χ2n) is 3.67. The average molecular weight is 368 g/mol. The van der Waals surface area contributed by atoms with Gasteiger partial charge in [-0.1, -0.05) is 51.3 Å². The van der Waals surface area contributed by atoms with E-state index < -0.39 is 5.38 Å². The van der Waals surface area contributed by atoms with E-state index >= 15 is 0 Å². The van der Waals surface area contributed by atoms with Gasteiger partial charge in [0.2, 0.25) is 0 Å². The van der Waals surface area contributed by atoms with E-state index in [1.54, 1.807) is 30.3 Å². The van der Waals surface area contributed by atoms with E-state index in [4.69, 9.17) is 34.8 Å². The lowest BCUT2D eigenvalue weighted by Gasteiger charge is -2.14. The monoisotopic (exact) mass is 366 g/mol. The third-order valence-electron chi connectivity index (χ3n) is 2.49. The van der Waals surface area contributed by atoms with Crippen molar-refractivity contribution in [3.8, 4) is 0 Å². The fourth-order valence-corrected chi connectivity index (χ4v) is 2.96. The van der Waals surface area contributed by atoms with E-state index in [1.165, 1.54) is 6.07 Å². The molecule has 0 fully saturated rings. The lowest BCUT2D eigenvalue weighted by atomic mass is 10.0. The molecule has 2 aromatic rings. The first-order chi connectivity index (χ1) is 8.50. The standard InChI is InChI=1S/C13H7BrCl3F/c14-8-2-1-3-11(18)12(8)13(17)7-4-5-9(15)10(16)6-7/h1-6,13H. The number of benzene rings is 2. The number of hydrogen-bond acceptors (Lipinski definition) is 0. The van der Waals surface area contributed by atoms with Crippen LogP contribution in [0.1, 0.15) is 16.5 Å². The zero-order valence-electron chi connectivity index (χ0n) is 8.93. The molecule has 1 unspecified atom stereocenters. The summed E-state index contributed by atoms with van der Waals surface area (Å²) >= 11 is 21.4. The quantitative estimate of drug-likeness (QED) is 0.552. The smallest absolute Gasteiger partial charge is 0.129 e. The van der Waals surface area contributed by atoms with Crippen LogP contribution in [0.15, 0.2) is 40.9 Å². The van der Waals surface area contributed by atoms with Crippen LogP contribution >= 0.6 is 50.7 Å². The maximum atomic E-state index is 13.8. The van der Waals surface area contributed by atoms with Crippen molar-refractivity contribution in [1.29, 1.82) is 0 Å². The van der Waals surface area contributed by atoms with Crippen LogP contribution in [-0.4, -0.2) is 0 Å².